The van der Waals surface area contributed by atoms with Crippen LogP contribution in [0.4, 0.5) is 0 Å². The Balaban J connectivity index is 1.94. The normalized spacial score (nSPS) is 27.2. The molecule has 0 amide bonds. The minimum Gasteiger partial charge on any atom is -0.466 e. The van der Waals surface area contributed by atoms with Gasteiger partial charge >= 0.3 is 5.97 Å². The summed E-state index contributed by atoms with van der Waals surface area (Å²) in [6.07, 6.45) is 0.655. The summed E-state index contributed by atoms with van der Waals surface area (Å²) in [7, 11) is 0. The topological polar surface area (TPSA) is 58.6 Å². The molecule has 0 radical (unpaired) electrons. The zero-order valence-electron chi connectivity index (χ0n) is 13.0. The molecule has 4 nitrogen and oxygen atoms in total. The summed E-state index contributed by atoms with van der Waals surface area (Å²) in [5.74, 6) is -0.268. The SMILES string of the molecule is CCOC(=O)CC12NC(O)(Cc3ccccc31)c1ccccc12. The van der Waals surface area contributed by atoms with E-state index in [1.54, 1.807) is 6.92 Å². The number of fused-ring (bicyclic) bond motifs is 7. The number of benzene rings is 2. The smallest absolute Gasteiger partial charge is 0.308 e. The van der Waals surface area contributed by atoms with Crippen LogP contribution in [0.2, 0.25) is 0 Å². The van der Waals surface area contributed by atoms with Gasteiger partial charge in [0.1, 0.15) is 5.72 Å². The van der Waals surface area contributed by atoms with Gasteiger partial charge < -0.3 is 9.84 Å². The van der Waals surface area contributed by atoms with Crippen molar-refractivity contribution < 1.29 is 14.6 Å². The highest BCUT2D eigenvalue weighted by Crippen LogP contribution is 2.52. The average Bonchev–Trinajstić information content (AvgIpc) is 2.74. The van der Waals surface area contributed by atoms with Gasteiger partial charge in [0.15, 0.2) is 0 Å². The molecule has 2 aliphatic rings. The molecule has 2 heterocycles. The number of carbonyl (C=O) groups excluding carboxylic acids is 1. The molecular weight excluding hydrogens is 290 g/mol. The first kappa shape index (κ1) is 14.4. The van der Waals surface area contributed by atoms with E-state index in [0.29, 0.717) is 13.0 Å². The number of carbonyl (C=O) groups is 1. The van der Waals surface area contributed by atoms with Crippen LogP contribution in [-0.2, 0) is 27.2 Å². The number of hydrogen-bond acceptors (Lipinski definition) is 4. The Morgan fingerprint density at radius 3 is 2.52 bits per heavy atom. The molecule has 4 heteroatoms. The van der Waals surface area contributed by atoms with E-state index in [-0.39, 0.29) is 12.4 Å². The Morgan fingerprint density at radius 2 is 1.78 bits per heavy atom. The third-order valence-corrected chi connectivity index (χ3v) is 4.89. The predicted octanol–water partition coefficient (Wildman–Crippen LogP) is 2.19. The van der Waals surface area contributed by atoms with Crippen molar-refractivity contribution in [3.05, 3.63) is 70.8 Å². The molecule has 2 unspecified atom stereocenters. The van der Waals surface area contributed by atoms with Crippen LogP contribution in [0, 0.1) is 0 Å². The Labute approximate surface area is 135 Å². The van der Waals surface area contributed by atoms with Gasteiger partial charge in [0.2, 0.25) is 0 Å². The second-order valence-electron chi connectivity index (χ2n) is 6.25. The number of esters is 1. The molecule has 2 aliphatic heterocycles. The van der Waals surface area contributed by atoms with E-state index in [2.05, 4.69) is 5.32 Å². The van der Waals surface area contributed by atoms with Crippen LogP contribution in [0.15, 0.2) is 48.5 Å². The van der Waals surface area contributed by atoms with Gasteiger partial charge in [-0.25, -0.2) is 0 Å². The first-order valence-corrected chi connectivity index (χ1v) is 7.95. The first-order chi connectivity index (χ1) is 11.1. The summed E-state index contributed by atoms with van der Waals surface area (Å²) < 4.78 is 5.19. The fourth-order valence-electron chi connectivity index (χ4n) is 4.09. The highest BCUT2D eigenvalue weighted by molar-refractivity contribution is 5.74. The molecule has 2 atom stereocenters. The van der Waals surface area contributed by atoms with Crippen molar-refractivity contribution in [1.82, 2.24) is 5.32 Å². The van der Waals surface area contributed by atoms with Crippen LogP contribution in [0.5, 0.6) is 0 Å². The quantitative estimate of drug-likeness (QED) is 0.853. The van der Waals surface area contributed by atoms with Crippen LogP contribution in [0.1, 0.15) is 35.6 Å². The summed E-state index contributed by atoms with van der Waals surface area (Å²) in [5, 5.41) is 14.5. The van der Waals surface area contributed by atoms with E-state index in [4.69, 9.17) is 4.74 Å². The van der Waals surface area contributed by atoms with Crippen LogP contribution in [0.25, 0.3) is 0 Å². The molecule has 4 rings (SSSR count). The summed E-state index contributed by atoms with van der Waals surface area (Å²) in [6, 6.07) is 15.8. The molecule has 0 aliphatic carbocycles. The van der Waals surface area contributed by atoms with Gasteiger partial charge in [-0.3, -0.25) is 10.1 Å². The van der Waals surface area contributed by atoms with Gasteiger partial charge in [-0.2, -0.15) is 0 Å². The molecule has 118 valence electrons. The minimum absolute atomic E-state index is 0.164. The van der Waals surface area contributed by atoms with Gasteiger partial charge in [-0.15, -0.1) is 0 Å². The summed E-state index contributed by atoms with van der Waals surface area (Å²) in [4.78, 5) is 12.3. The molecular formula is C19H19NO3. The average molecular weight is 309 g/mol. The third kappa shape index (κ3) is 1.95. The first-order valence-electron chi connectivity index (χ1n) is 7.95. The highest BCUT2D eigenvalue weighted by atomic mass is 16.5. The van der Waals surface area contributed by atoms with Crippen LogP contribution < -0.4 is 5.32 Å². The lowest BCUT2D eigenvalue weighted by Gasteiger charge is -2.40. The summed E-state index contributed by atoms with van der Waals surface area (Å²) in [6.45, 7) is 2.15. The Kier molecular flexibility index (Phi) is 3.08. The molecule has 2 N–H and O–H groups in total. The lowest BCUT2D eigenvalue weighted by molar-refractivity contribution is -0.145. The Morgan fingerprint density at radius 1 is 1.13 bits per heavy atom. The van der Waals surface area contributed by atoms with Crippen LogP contribution in [-0.4, -0.2) is 17.7 Å². The number of hydrogen-bond donors (Lipinski definition) is 2. The van der Waals surface area contributed by atoms with E-state index < -0.39 is 11.3 Å². The third-order valence-electron chi connectivity index (χ3n) is 4.89. The second-order valence-corrected chi connectivity index (χ2v) is 6.25. The maximum absolute atomic E-state index is 12.3. The van der Waals surface area contributed by atoms with Gasteiger partial charge in [-0.1, -0.05) is 48.5 Å². The molecule has 2 aromatic rings. The fraction of sp³-hybridized carbons (Fsp3) is 0.316. The van der Waals surface area contributed by atoms with Gasteiger partial charge in [0.25, 0.3) is 0 Å². The van der Waals surface area contributed by atoms with Gasteiger partial charge in [0, 0.05) is 12.0 Å². The Bertz CT molecular complexity index is 788. The number of ether oxygens (including phenoxy) is 1. The van der Waals surface area contributed by atoms with Crippen molar-refractivity contribution >= 4 is 5.97 Å². The summed E-state index contributed by atoms with van der Waals surface area (Å²) in [5.41, 5.74) is 2.04. The van der Waals surface area contributed by atoms with Crippen molar-refractivity contribution in [3.8, 4) is 0 Å². The van der Waals surface area contributed by atoms with E-state index in [1.165, 1.54) is 0 Å². The predicted molar refractivity (Wildman–Crippen MR) is 85.7 cm³/mol. The maximum atomic E-state index is 12.3. The Hall–Kier alpha value is -2.17. The van der Waals surface area contributed by atoms with Crippen LogP contribution >= 0.6 is 0 Å². The fourth-order valence-corrected chi connectivity index (χ4v) is 4.09. The van der Waals surface area contributed by atoms with Crippen LogP contribution in [0.3, 0.4) is 0 Å². The van der Waals surface area contributed by atoms with Crippen molar-refractivity contribution in [2.45, 2.75) is 31.0 Å². The number of nitrogens with one attached hydrogen (secondary N) is 1. The lowest BCUT2D eigenvalue weighted by Crippen LogP contribution is -2.54. The van der Waals surface area contributed by atoms with E-state index >= 15 is 0 Å². The van der Waals surface area contributed by atoms with Crippen molar-refractivity contribution in [3.63, 3.8) is 0 Å². The molecule has 2 aromatic carbocycles. The van der Waals surface area contributed by atoms with E-state index in [1.807, 2.05) is 48.5 Å². The van der Waals surface area contributed by atoms with Gasteiger partial charge in [-0.05, 0) is 23.6 Å². The molecule has 23 heavy (non-hydrogen) atoms. The van der Waals surface area contributed by atoms with E-state index in [9.17, 15) is 9.90 Å². The molecule has 0 aromatic heterocycles. The number of rotatable bonds is 3. The lowest BCUT2D eigenvalue weighted by atomic mass is 9.78. The van der Waals surface area contributed by atoms with E-state index in [0.717, 1.165) is 22.3 Å². The van der Waals surface area contributed by atoms with Crippen molar-refractivity contribution in [2.24, 2.45) is 0 Å². The monoisotopic (exact) mass is 309 g/mol. The standard InChI is InChI=1S/C19H19NO3/c1-2-23-17(21)12-18-14-8-4-3-7-13(14)11-19(22,20-18)16-10-6-5-9-15(16)18/h3-10,20,22H,2,11-12H2,1H3. The zero-order valence-corrected chi connectivity index (χ0v) is 13.0. The molecule has 0 saturated carbocycles. The molecule has 0 fully saturated rings. The molecule has 0 saturated heterocycles. The second kappa shape index (κ2) is 4.91. The number of aliphatic hydroxyl groups is 1. The minimum atomic E-state index is -1.14. The highest BCUT2D eigenvalue weighted by Gasteiger charge is 2.56. The summed E-state index contributed by atoms with van der Waals surface area (Å²) >= 11 is 0. The zero-order chi connectivity index (χ0) is 16.1. The maximum Gasteiger partial charge on any atom is 0.308 e. The van der Waals surface area contributed by atoms with Gasteiger partial charge in [0.05, 0.1) is 18.6 Å². The van der Waals surface area contributed by atoms with Crippen molar-refractivity contribution in [2.75, 3.05) is 6.61 Å². The molecule has 2 bridgehead atoms. The van der Waals surface area contributed by atoms with Crippen molar-refractivity contribution in [1.29, 1.82) is 0 Å². The largest absolute Gasteiger partial charge is 0.466 e. The molecule has 0 spiro atoms.